The van der Waals surface area contributed by atoms with Gasteiger partial charge in [-0.05, 0) is 68.9 Å². The second kappa shape index (κ2) is 11.4. The fourth-order valence-corrected chi connectivity index (χ4v) is 5.05. The summed E-state index contributed by atoms with van der Waals surface area (Å²) in [7, 11) is 0. The molecular weight excluding hydrogens is 384 g/mol. The summed E-state index contributed by atoms with van der Waals surface area (Å²) >= 11 is 0. The first kappa shape index (κ1) is 22.0. The van der Waals surface area contributed by atoms with Crippen LogP contribution in [0.4, 0.5) is 0 Å². The first-order valence-corrected chi connectivity index (χ1v) is 12.0. The van der Waals surface area contributed by atoms with E-state index in [1.165, 1.54) is 37.7 Å². The van der Waals surface area contributed by atoms with Crippen LogP contribution in [-0.4, -0.2) is 54.5 Å². The van der Waals surface area contributed by atoms with Crippen molar-refractivity contribution < 1.29 is 9.53 Å². The lowest BCUT2D eigenvalue weighted by molar-refractivity contribution is -0.146. The highest BCUT2D eigenvalue weighted by molar-refractivity contribution is 5.70. The molecule has 166 valence electrons. The van der Waals surface area contributed by atoms with Crippen LogP contribution in [0.15, 0.2) is 60.7 Å². The van der Waals surface area contributed by atoms with Gasteiger partial charge in [-0.1, -0.05) is 67.1 Å². The lowest BCUT2D eigenvalue weighted by atomic mass is 9.89. The summed E-state index contributed by atoms with van der Waals surface area (Å²) in [6, 6.07) is 21.1. The Morgan fingerprint density at radius 3 is 2.19 bits per heavy atom. The zero-order valence-electron chi connectivity index (χ0n) is 18.6. The number of hydrogen-bond acceptors (Lipinski definition) is 4. The number of ether oxygens (including phenoxy) is 1. The molecule has 0 aromatic heterocycles. The minimum atomic E-state index is -0.0707. The summed E-state index contributed by atoms with van der Waals surface area (Å²) in [5, 5.41) is 0. The van der Waals surface area contributed by atoms with E-state index >= 15 is 0 Å². The van der Waals surface area contributed by atoms with Gasteiger partial charge in [0.25, 0.3) is 0 Å². The second-order valence-corrected chi connectivity index (χ2v) is 9.09. The maximum Gasteiger partial charge on any atom is 0.307 e. The zero-order valence-corrected chi connectivity index (χ0v) is 18.6. The van der Waals surface area contributed by atoms with Gasteiger partial charge < -0.3 is 9.64 Å². The van der Waals surface area contributed by atoms with Crippen molar-refractivity contribution in [2.45, 2.75) is 57.1 Å². The number of rotatable bonds is 8. The van der Waals surface area contributed by atoms with Gasteiger partial charge in [-0.15, -0.1) is 0 Å². The third-order valence-electron chi connectivity index (χ3n) is 6.88. The average Bonchev–Trinajstić information content (AvgIpc) is 2.84. The van der Waals surface area contributed by atoms with Crippen LogP contribution in [0.5, 0.6) is 0 Å². The van der Waals surface area contributed by atoms with Crippen LogP contribution >= 0.6 is 0 Å². The number of benzene rings is 2. The Morgan fingerprint density at radius 2 is 1.52 bits per heavy atom. The number of carbonyl (C=O) groups excluding carboxylic acids is 1. The Hall–Kier alpha value is -2.17. The van der Waals surface area contributed by atoms with Gasteiger partial charge in [0.1, 0.15) is 6.61 Å². The van der Waals surface area contributed by atoms with Crippen LogP contribution in [0.1, 0.15) is 55.6 Å². The molecule has 2 aromatic carbocycles. The molecule has 4 nitrogen and oxygen atoms in total. The quantitative estimate of drug-likeness (QED) is 0.571. The fraction of sp³-hybridized carbons (Fsp3) is 0.519. The molecule has 2 saturated heterocycles. The summed E-state index contributed by atoms with van der Waals surface area (Å²) in [6.45, 7) is 5.79. The Labute approximate surface area is 187 Å². The van der Waals surface area contributed by atoms with Gasteiger partial charge in [-0.3, -0.25) is 9.69 Å². The van der Waals surface area contributed by atoms with Gasteiger partial charge >= 0.3 is 5.97 Å². The number of hydrogen-bond donors (Lipinski definition) is 0. The van der Waals surface area contributed by atoms with E-state index in [1.54, 1.807) is 0 Å². The number of nitrogens with zero attached hydrogens (tertiary/aromatic N) is 2. The lowest BCUT2D eigenvalue weighted by Gasteiger charge is -2.39. The van der Waals surface area contributed by atoms with Crippen molar-refractivity contribution in [3.8, 4) is 0 Å². The topological polar surface area (TPSA) is 32.8 Å². The highest BCUT2D eigenvalue weighted by Crippen LogP contribution is 2.28. The third kappa shape index (κ3) is 6.65. The first-order valence-electron chi connectivity index (χ1n) is 12.0. The van der Waals surface area contributed by atoms with Crippen molar-refractivity contribution >= 4 is 5.97 Å². The van der Waals surface area contributed by atoms with E-state index in [-0.39, 0.29) is 12.0 Å². The molecule has 0 saturated carbocycles. The van der Waals surface area contributed by atoms with Crippen molar-refractivity contribution in [1.29, 1.82) is 0 Å². The molecule has 0 N–H and O–H groups in total. The van der Waals surface area contributed by atoms with Crippen molar-refractivity contribution in [3.63, 3.8) is 0 Å². The van der Waals surface area contributed by atoms with Gasteiger partial charge in [0, 0.05) is 12.6 Å². The van der Waals surface area contributed by atoms with Crippen molar-refractivity contribution in [2.24, 2.45) is 0 Å². The van der Waals surface area contributed by atoms with Crippen molar-refractivity contribution in [2.75, 3.05) is 32.7 Å². The largest absolute Gasteiger partial charge is 0.461 e. The molecule has 4 heteroatoms. The predicted octanol–water partition coefficient (Wildman–Crippen LogP) is 4.85. The molecule has 1 atom stereocenters. The van der Waals surface area contributed by atoms with E-state index in [2.05, 4.69) is 40.1 Å². The van der Waals surface area contributed by atoms with Crippen LogP contribution in [0, 0.1) is 0 Å². The molecule has 2 heterocycles. The summed E-state index contributed by atoms with van der Waals surface area (Å²) in [5.74, 6) is 0.598. The maximum absolute atomic E-state index is 12.7. The van der Waals surface area contributed by atoms with Gasteiger partial charge in [0.05, 0.1) is 6.42 Å². The standard InChI is InChI=1S/C27H36N2O2/c30-27(31-22-23-10-4-1-5-11-23)20-26(29-16-8-3-9-17-29)21-28-18-14-25(15-19-28)24-12-6-2-7-13-24/h1-2,4-7,10-13,25-26H,3,8-9,14-22H2. The van der Waals surface area contributed by atoms with Gasteiger partial charge in [0.15, 0.2) is 0 Å². The lowest BCUT2D eigenvalue weighted by Crippen LogP contribution is -2.48. The smallest absolute Gasteiger partial charge is 0.307 e. The molecule has 0 aliphatic carbocycles. The van der Waals surface area contributed by atoms with Crippen LogP contribution in [0.25, 0.3) is 0 Å². The molecule has 0 amide bonds. The van der Waals surface area contributed by atoms with Crippen LogP contribution in [0.2, 0.25) is 0 Å². The Kier molecular flexibility index (Phi) is 8.14. The van der Waals surface area contributed by atoms with E-state index in [4.69, 9.17) is 4.74 Å². The molecule has 2 fully saturated rings. The van der Waals surface area contributed by atoms with Crippen LogP contribution < -0.4 is 0 Å². The normalized spacial score (nSPS) is 19.7. The average molecular weight is 421 g/mol. The number of likely N-dealkylation sites (tertiary alicyclic amines) is 2. The minimum absolute atomic E-state index is 0.0707. The summed E-state index contributed by atoms with van der Waals surface area (Å²) in [6.07, 6.45) is 6.69. The van der Waals surface area contributed by atoms with E-state index < -0.39 is 0 Å². The van der Waals surface area contributed by atoms with Gasteiger partial charge in [0.2, 0.25) is 0 Å². The Morgan fingerprint density at radius 1 is 0.871 bits per heavy atom. The monoisotopic (exact) mass is 420 g/mol. The maximum atomic E-state index is 12.7. The minimum Gasteiger partial charge on any atom is -0.461 e. The Bertz CT molecular complexity index is 781. The molecule has 2 aliphatic rings. The molecule has 0 spiro atoms. The molecular formula is C27H36N2O2. The fourth-order valence-electron chi connectivity index (χ4n) is 5.05. The van der Waals surface area contributed by atoms with Crippen LogP contribution in [0.3, 0.4) is 0 Å². The van der Waals surface area contributed by atoms with Crippen LogP contribution in [-0.2, 0) is 16.1 Å². The van der Waals surface area contributed by atoms with Gasteiger partial charge in [-0.2, -0.15) is 0 Å². The van der Waals surface area contributed by atoms with Crippen molar-refractivity contribution in [1.82, 2.24) is 9.80 Å². The number of esters is 1. The highest BCUT2D eigenvalue weighted by Gasteiger charge is 2.28. The Balaban J connectivity index is 1.30. The second-order valence-electron chi connectivity index (χ2n) is 9.09. The molecule has 2 aliphatic heterocycles. The van der Waals surface area contributed by atoms with E-state index in [0.29, 0.717) is 18.9 Å². The molecule has 4 rings (SSSR count). The predicted molar refractivity (Wildman–Crippen MR) is 125 cm³/mol. The first-order chi connectivity index (χ1) is 15.3. The molecule has 0 bridgehead atoms. The SMILES string of the molecule is O=C(CC(CN1CCC(c2ccccc2)CC1)N1CCCCC1)OCc1ccccc1. The number of piperidine rings is 2. The van der Waals surface area contributed by atoms with E-state index in [0.717, 1.165) is 38.3 Å². The van der Waals surface area contributed by atoms with E-state index in [1.807, 2.05) is 30.3 Å². The van der Waals surface area contributed by atoms with E-state index in [9.17, 15) is 4.79 Å². The molecule has 0 radical (unpaired) electrons. The van der Waals surface area contributed by atoms with Crippen molar-refractivity contribution in [3.05, 3.63) is 71.8 Å². The molecule has 31 heavy (non-hydrogen) atoms. The highest BCUT2D eigenvalue weighted by atomic mass is 16.5. The summed E-state index contributed by atoms with van der Waals surface area (Å²) < 4.78 is 5.63. The number of carbonyl (C=O) groups is 1. The van der Waals surface area contributed by atoms with Gasteiger partial charge in [-0.25, -0.2) is 0 Å². The third-order valence-corrected chi connectivity index (χ3v) is 6.88. The zero-order chi connectivity index (χ0) is 21.3. The summed E-state index contributed by atoms with van der Waals surface area (Å²) in [4.78, 5) is 17.8. The molecule has 1 unspecified atom stereocenters. The molecule has 2 aromatic rings. The summed E-state index contributed by atoms with van der Waals surface area (Å²) in [5.41, 5.74) is 2.52.